The molecule has 9 nitrogen and oxygen atoms in total. The standard InChI is InChI=1S/C17H18N2O7S/c1-2-24-17(23)26-16(22)11-9-27-15-13(14(21)19(11)15)18-12(20)8-25-10-6-4-3-5-7-10/h3-7,11,13,15H,2,8-9H2,1H3,(H,18,20)/t11?,13-,15-/m1/s1. The number of β-lactam (4-membered cyclic amide) rings is 1. The Morgan fingerprint density at radius 3 is 2.70 bits per heavy atom. The van der Waals surface area contributed by atoms with Gasteiger partial charge in [-0.3, -0.25) is 9.59 Å². The molecule has 2 amide bonds. The molecule has 0 radical (unpaired) electrons. The van der Waals surface area contributed by atoms with Crippen molar-refractivity contribution < 1.29 is 33.4 Å². The van der Waals surface area contributed by atoms with E-state index in [-0.39, 0.29) is 24.3 Å². The molecule has 0 aromatic heterocycles. The smallest absolute Gasteiger partial charge is 0.484 e. The molecular weight excluding hydrogens is 376 g/mol. The molecule has 1 N–H and O–H groups in total. The number of amides is 2. The summed E-state index contributed by atoms with van der Waals surface area (Å²) in [6.45, 7) is 1.44. The quantitative estimate of drug-likeness (QED) is 0.423. The Morgan fingerprint density at radius 2 is 2.00 bits per heavy atom. The predicted octanol–water partition coefficient (Wildman–Crippen LogP) is 0.534. The Bertz CT molecular complexity index is 742. The normalized spacial score (nSPS) is 23.1. The molecule has 3 rings (SSSR count). The van der Waals surface area contributed by atoms with Gasteiger partial charge in [-0.05, 0) is 19.1 Å². The number of thioether (sulfide) groups is 1. The van der Waals surface area contributed by atoms with Gasteiger partial charge in [0, 0.05) is 5.75 Å². The first-order chi connectivity index (χ1) is 13.0. The van der Waals surface area contributed by atoms with Crippen molar-refractivity contribution in [2.24, 2.45) is 0 Å². The number of carbonyl (C=O) groups is 4. The molecule has 1 aromatic rings. The molecule has 3 atom stereocenters. The van der Waals surface area contributed by atoms with Crippen LogP contribution in [0.15, 0.2) is 30.3 Å². The molecular formula is C17H18N2O7S. The highest BCUT2D eigenvalue weighted by Crippen LogP contribution is 2.40. The zero-order valence-electron chi connectivity index (χ0n) is 14.5. The number of fused-ring (bicyclic) bond motifs is 1. The fourth-order valence-electron chi connectivity index (χ4n) is 2.76. The van der Waals surface area contributed by atoms with Crippen LogP contribution in [0.4, 0.5) is 4.79 Å². The molecule has 144 valence electrons. The number of nitrogens with one attached hydrogen (secondary N) is 1. The van der Waals surface area contributed by atoms with Crippen LogP contribution < -0.4 is 10.1 Å². The predicted molar refractivity (Wildman–Crippen MR) is 93.9 cm³/mol. The summed E-state index contributed by atoms with van der Waals surface area (Å²) in [5.41, 5.74) is 0. The average molecular weight is 394 g/mol. The highest BCUT2D eigenvalue weighted by atomic mass is 32.2. The van der Waals surface area contributed by atoms with Crippen LogP contribution in [0.2, 0.25) is 0 Å². The number of hydrogen-bond donors (Lipinski definition) is 1. The van der Waals surface area contributed by atoms with Crippen molar-refractivity contribution in [1.29, 1.82) is 0 Å². The molecule has 0 spiro atoms. The van der Waals surface area contributed by atoms with Crippen molar-refractivity contribution in [3.63, 3.8) is 0 Å². The Labute approximate surface area is 159 Å². The molecule has 2 fully saturated rings. The first kappa shape index (κ1) is 19.0. The number of nitrogens with zero attached hydrogens (tertiary/aromatic N) is 1. The molecule has 0 saturated carbocycles. The van der Waals surface area contributed by atoms with Crippen LogP contribution in [0, 0.1) is 0 Å². The second-order valence-electron chi connectivity index (χ2n) is 5.74. The van der Waals surface area contributed by atoms with Gasteiger partial charge in [0.05, 0.1) is 6.61 Å². The SMILES string of the molecule is CCOC(=O)OC(=O)C1CS[C@@H]2[C@H](NC(=O)COc3ccccc3)C(=O)N12. The minimum absolute atomic E-state index is 0.0793. The molecule has 2 heterocycles. The lowest BCUT2D eigenvalue weighted by molar-refractivity contribution is -0.160. The molecule has 0 bridgehead atoms. The van der Waals surface area contributed by atoms with E-state index in [1.807, 2.05) is 6.07 Å². The Kier molecular flexibility index (Phi) is 5.84. The minimum Gasteiger partial charge on any atom is -0.484 e. The van der Waals surface area contributed by atoms with Crippen molar-refractivity contribution >= 4 is 35.7 Å². The molecule has 2 aliphatic heterocycles. The second-order valence-corrected chi connectivity index (χ2v) is 6.89. The van der Waals surface area contributed by atoms with Crippen LogP contribution in [-0.4, -0.2) is 65.3 Å². The number of esters is 1. The van der Waals surface area contributed by atoms with E-state index in [2.05, 4.69) is 14.8 Å². The van der Waals surface area contributed by atoms with Crippen molar-refractivity contribution in [2.45, 2.75) is 24.4 Å². The molecule has 10 heteroatoms. The van der Waals surface area contributed by atoms with Gasteiger partial charge in [0.25, 0.3) is 5.91 Å². The van der Waals surface area contributed by atoms with Crippen molar-refractivity contribution in [3.05, 3.63) is 30.3 Å². The molecule has 2 saturated heterocycles. The van der Waals surface area contributed by atoms with Gasteiger partial charge in [-0.15, -0.1) is 11.8 Å². The van der Waals surface area contributed by atoms with Crippen molar-refractivity contribution in [2.75, 3.05) is 19.0 Å². The summed E-state index contributed by atoms with van der Waals surface area (Å²) in [6, 6.07) is 7.23. The van der Waals surface area contributed by atoms with Gasteiger partial charge in [-0.2, -0.15) is 0 Å². The first-order valence-electron chi connectivity index (χ1n) is 8.30. The lowest BCUT2D eigenvalue weighted by atomic mass is 10.0. The third kappa shape index (κ3) is 4.16. The van der Waals surface area contributed by atoms with E-state index in [9.17, 15) is 19.2 Å². The van der Waals surface area contributed by atoms with Crippen LogP contribution in [0.1, 0.15) is 6.92 Å². The van der Waals surface area contributed by atoms with Crippen LogP contribution in [-0.2, 0) is 23.9 Å². The summed E-state index contributed by atoms with van der Waals surface area (Å²) >= 11 is 1.33. The third-order valence-corrected chi connectivity index (χ3v) is 5.34. The maximum atomic E-state index is 12.3. The van der Waals surface area contributed by atoms with Gasteiger partial charge in [0.1, 0.15) is 23.2 Å². The third-order valence-electron chi connectivity index (χ3n) is 3.99. The number of rotatable bonds is 6. The minimum atomic E-state index is -1.09. The van der Waals surface area contributed by atoms with Crippen molar-refractivity contribution in [1.82, 2.24) is 10.2 Å². The van der Waals surface area contributed by atoms with E-state index in [1.165, 1.54) is 16.7 Å². The van der Waals surface area contributed by atoms with Crippen LogP contribution >= 0.6 is 11.8 Å². The second kappa shape index (κ2) is 8.30. The van der Waals surface area contributed by atoms with Gasteiger partial charge in [-0.25, -0.2) is 9.59 Å². The van der Waals surface area contributed by atoms with Gasteiger partial charge < -0.3 is 24.4 Å². The Morgan fingerprint density at radius 1 is 1.26 bits per heavy atom. The summed E-state index contributed by atoms with van der Waals surface area (Å²) in [7, 11) is 0. The highest BCUT2D eigenvalue weighted by molar-refractivity contribution is 8.00. The zero-order chi connectivity index (χ0) is 19.4. The number of hydrogen-bond acceptors (Lipinski definition) is 8. The molecule has 1 unspecified atom stereocenters. The monoisotopic (exact) mass is 394 g/mol. The van der Waals surface area contributed by atoms with Crippen molar-refractivity contribution in [3.8, 4) is 5.75 Å². The summed E-state index contributed by atoms with van der Waals surface area (Å²) < 4.78 is 14.5. The van der Waals surface area contributed by atoms with Gasteiger partial charge in [-0.1, -0.05) is 18.2 Å². The van der Waals surface area contributed by atoms with Gasteiger partial charge in [0.15, 0.2) is 6.61 Å². The number of ether oxygens (including phenoxy) is 3. The van der Waals surface area contributed by atoms with E-state index in [1.54, 1.807) is 31.2 Å². The van der Waals surface area contributed by atoms with E-state index in [0.29, 0.717) is 5.75 Å². The Balaban J connectivity index is 1.49. The molecule has 27 heavy (non-hydrogen) atoms. The molecule has 0 aliphatic carbocycles. The largest absolute Gasteiger partial charge is 0.516 e. The number of carbonyl (C=O) groups excluding carboxylic acids is 4. The number of benzene rings is 1. The maximum Gasteiger partial charge on any atom is 0.516 e. The lowest BCUT2D eigenvalue weighted by Gasteiger charge is -2.43. The average Bonchev–Trinajstić information content (AvgIpc) is 3.06. The molecule has 1 aromatic carbocycles. The van der Waals surface area contributed by atoms with E-state index in [4.69, 9.17) is 4.74 Å². The lowest BCUT2D eigenvalue weighted by Crippen LogP contribution is -2.70. The summed E-state index contributed by atoms with van der Waals surface area (Å²) in [4.78, 5) is 48.9. The maximum absolute atomic E-state index is 12.3. The van der Waals surface area contributed by atoms with Crippen LogP contribution in [0.25, 0.3) is 0 Å². The van der Waals surface area contributed by atoms with E-state index < -0.39 is 36.0 Å². The van der Waals surface area contributed by atoms with Crippen LogP contribution in [0.3, 0.4) is 0 Å². The Hall–Kier alpha value is -2.75. The van der Waals surface area contributed by atoms with E-state index in [0.717, 1.165) is 0 Å². The highest BCUT2D eigenvalue weighted by Gasteiger charge is 2.58. The first-order valence-corrected chi connectivity index (χ1v) is 9.35. The van der Waals surface area contributed by atoms with Gasteiger partial charge >= 0.3 is 12.1 Å². The summed E-state index contributed by atoms with van der Waals surface area (Å²) in [5.74, 6) is -0.847. The van der Waals surface area contributed by atoms with E-state index >= 15 is 0 Å². The van der Waals surface area contributed by atoms with Gasteiger partial charge in [0.2, 0.25) is 5.91 Å². The number of para-hydroxylation sites is 1. The fourth-order valence-corrected chi connectivity index (χ4v) is 4.22. The fraction of sp³-hybridized carbons (Fsp3) is 0.412. The summed E-state index contributed by atoms with van der Waals surface area (Å²) in [5, 5.41) is 2.23. The molecule has 2 aliphatic rings. The topological polar surface area (TPSA) is 111 Å². The zero-order valence-corrected chi connectivity index (χ0v) is 15.3. The summed E-state index contributed by atoms with van der Waals surface area (Å²) in [6.07, 6.45) is -1.09. The van der Waals surface area contributed by atoms with Crippen LogP contribution in [0.5, 0.6) is 5.75 Å².